The molecular weight excluding hydrogens is 290 g/mol. The Balaban J connectivity index is 1.52. The molecule has 5 heteroatoms. The van der Waals surface area contributed by atoms with Gasteiger partial charge in [0.25, 0.3) is 0 Å². The molecule has 4 nitrogen and oxygen atoms in total. The fraction of sp³-hybridized carbons (Fsp3) is 0.250. The first-order valence-corrected chi connectivity index (χ1v) is 7.17. The Kier molecular flexibility index (Phi) is 4.18. The molecule has 0 fully saturated rings. The number of aromatic hydroxyl groups is 1. The van der Waals surface area contributed by atoms with Crippen LogP contribution in [0.4, 0.5) is 0 Å². The zero-order chi connectivity index (χ0) is 14.7. The van der Waals surface area contributed by atoms with E-state index in [1.54, 1.807) is 12.1 Å². The molecule has 0 aliphatic carbocycles. The molecule has 110 valence electrons. The molecule has 2 aromatic rings. The predicted molar refractivity (Wildman–Crippen MR) is 81.1 cm³/mol. The van der Waals surface area contributed by atoms with Crippen LogP contribution >= 0.6 is 11.6 Å². The Morgan fingerprint density at radius 1 is 1.10 bits per heavy atom. The van der Waals surface area contributed by atoms with Gasteiger partial charge in [-0.25, -0.2) is 0 Å². The van der Waals surface area contributed by atoms with Crippen molar-refractivity contribution in [1.82, 2.24) is 5.32 Å². The van der Waals surface area contributed by atoms with Crippen molar-refractivity contribution in [2.45, 2.75) is 13.0 Å². The monoisotopic (exact) mass is 305 g/mol. The van der Waals surface area contributed by atoms with Gasteiger partial charge in [-0.05, 0) is 48.4 Å². The Morgan fingerprint density at radius 2 is 1.90 bits per heavy atom. The molecule has 0 unspecified atom stereocenters. The number of hydrogen-bond acceptors (Lipinski definition) is 4. The van der Waals surface area contributed by atoms with Crippen molar-refractivity contribution in [3.63, 3.8) is 0 Å². The number of fused-ring (bicyclic) bond motifs is 1. The standard InChI is InChI=1S/C16H16ClNO3/c17-14-7-12(8-15-16(14)21-10-20-15)9-18-6-5-11-1-3-13(19)4-2-11/h1-4,7-8,18-19H,5-6,9-10H2. The molecule has 0 spiro atoms. The van der Waals surface area contributed by atoms with Gasteiger partial charge in [-0.1, -0.05) is 23.7 Å². The van der Waals surface area contributed by atoms with Crippen molar-refractivity contribution in [3.05, 3.63) is 52.5 Å². The summed E-state index contributed by atoms with van der Waals surface area (Å²) in [5.74, 6) is 1.63. The van der Waals surface area contributed by atoms with Gasteiger partial charge in [-0.3, -0.25) is 0 Å². The summed E-state index contributed by atoms with van der Waals surface area (Å²) in [6, 6.07) is 11.1. The van der Waals surface area contributed by atoms with Crippen molar-refractivity contribution >= 4 is 11.6 Å². The molecule has 0 atom stereocenters. The summed E-state index contributed by atoms with van der Waals surface area (Å²) in [6.07, 6.45) is 0.901. The lowest BCUT2D eigenvalue weighted by molar-refractivity contribution is 0.174. The summed E-state index contributed by atoms with van der Waals surface area (Å²) in [5, 5.41) is 13.2. The molecule has 0 bridgehead atoms. The second-order valence-corrected chi connectivity index (χ2v) is 5.31. The van der Waals surface area contributed by atoms with Crippen LogP contribution in [0, 0.1) is 0 Å². The highest BCUT2D eigenvalue weighted by Gasteiger charge is 2.17. The number of phenols is 1. The largest absolute Gasteiger partial charge is 0.508 e. The average molecular weight is 306 g/mol. The number of phenolic OH excluding ortho intramolecular Hbond substituents is 1. The fourth-order valence-electron chi connectivity index (χ4n) is 2.25. The van der Waals surface area contributed by atoms with Crippen LogP contribution in [-0.2, 0) is 13.0 Å². The first kappa shape index (κ1) is 14.0. The molecule has 1 aliphatic heterocycles. The SMILES string of the molecule is Oc1ccc(CCNCc2cc(Cl)c3c(c2)OCO3)cc1. The van der Waals surface area contributed by atoms with E-state index in [0.29, 0.717) is 28.8 Å². The van der Waals surface area contributed by atoms with Gasteiger partial charge in [0.15, 0.2) is 11.5 Å². The maximum absolute atomic E-state index is 9.23. The summed E-state index contributed by atoms with van der Waals surface area (Å²) in [5.41, 5.74) is 2.25. The molecule has 0 aromatic heterocycles. The molecule has 0 saturated carbocycles. The van der Waals surface area contributed by atoms with E-state index in [2.05, 4.69) is 5.32 Å². The van der Waals surface area contributed by atoms with Crippen LogP contribution in [0.2, 0.25) is 5.02 Å². The van der Waals surface area contributed by atoms with E-state index in [9.17, 15) is 5.11 Å². The normalized spacial score (nSPS) is 12.6. The first-order chi connectivity index (χ1) is 10.2. The minimum absolute atomic E-state index is 0.229. The number of rotatable bonds is 5. The quantitative estimate of drug-likeness (QED) is 0.833. The van der Waals surface area contributed by atoms with Crippen LogP contribution in [0.15, 0.2) is 36.4 Å². The Bertz CT molecular complexity index is 628. The molecule has 0 radical (unpaired) electrons. The second kappa shape index (κ2) is 6.24. The molecule has 0 amide bonds. The van der Waals surface area contributed by atoms with Crippen molar-refractivity contribution in [1.29, 1.82) is 0 Å². The molecule has 1 aliphatic rings. The molecule has 3 rings (SSSR count). The second-order valence-electron chi connectivity index (χ2n) is 4.90. The van der Waals surface area contributed by atoms with Gasteiger partial charge in [0.05, 0.1) is 5.02 Å². The van der Waals surface area contributed by atoms with Gasteiger partial charge >= 0.3 is 0 Å². The van der Waals surface area contributed by atoms with Crippen molar-refractivity contribution in [3.8, 4) is 17.2 Å². The predicted octanol–water partition coefficient (Wildman–Crippen LogP) is 3.11. The first-order valence-electron chi connectivity index (χ1n) is 6.79. The van der Waals surface area contributed by atoms with E-state index in [1.807, 2.05) is 24.3 Å². The third-order valence-electron chi connectivity index (χ3n) is 3.34. The molecule has 1 heterocycles. The van der Waals surface area contributed by atoms with Gasteiger partial charge in [-0.15, -0.1) is 0 Å². The summed E-state index contributed by atoms with van der Waals surface area (Å²) < 4.78 is 10.6. The van der Waals surface area contributed by atoms with E-state index >= 15 is 0 Å². The maximum atomic E-state index is 9.23. The van der Waals surface area contributed by atoms with Crippen LogP contribution < -0.4 is 14.8 Å². The number of benzene rings is 2. The Morgan fingerprint density at radius 3 is 2.71 bits per heavy atom. The summed E-state index contributed by atoms with van der Waals surface area (Å²) in [7, 11) is 0. The van der Waals surface area contributed by atoms with Crippen LogP contribution in [0.1, 0.15) is 11.1 Å². The Labute approximate surface area is 128 Å². The van der Waals surface area contributed by atoms with E-state index in [-0.39, 0.29) is 6.79 Å². The van der Waals surface area contributed by atoms with E-state index < -0.39 is 0 Å². The zero-order valence-electron chi connectivity index (χ0n) is 11.4. The third kappa shape index (κ3) is 3.40. The molecule has 2 aromatic carbocycles. The molecule has 2 N–H and O–H groups in total. The van der Waals surface area contributed by atoms with Gasteiger partial charge in [-0.2, -0.15) is 0 Å². The van der Waals surface area contributed by atoms with Gasteiger partial charge < -0.3 is 19.9 Å². The summed E-state index contributed by atoms with van der Waals surface area (Å²) >= 11 is 6.14. The van der Waals surface area contributed by atoms with Crippen LogP contribution in [-0.4, -0.2) is 18.4 Å². The lowest BCUT2D eigenvalue weighted by Gasteiger charge is -2.07. The summed E-state index contributed by atoms with van der Waals surface area (Å²) in [4.78, 5) is 0. The minimum Gasteiger partial charge on any atom is -0.508 e. The van der Waals surface area contributed by atoms with Gasteiger partial charge in [0.2, 0.25) is 6.79 Å². The van der Waals surface area contributed by atoms with E-state index in [1.165, 1.54) is 5.56 Å². The number of hydrogen-bond donors (Lipinski definition) is 2. The lowest BCUT2D eigenvalue weighted by atomic mass is 10.1. The number of ether oxygens (including phenoxy) is 2. The topological polar surface area (TPSA) is 50.7 Å². The fourth-order valence-corrected chi connectivity index (χ4v) is 2.54. The van der Waals surface area contributed by atoms with Crippen molar-refractivity contribution in [2.24, 2.45) is 0 Å². The van der Waals surface area contributed by atoms with Crippen LogP contribution in [0.5, 0.6) is 17.2 Å². The lowest BCUT2D eigenvalue weighted by Crippen LogP contribution is -2.16. The molecular formula is C16H16ClNO3. The summed E-state index contributed by atoms with van der Waals surface area (Å²) in [6.45, 7) is 1.79. The van der Waals surface area contributed by atoms with Crippen LogP contribution in [0.25, 0.3) is 0 Å². The third-order valence-corrected chi connectivity index (χ3v) is 3.62. The number of nitrogens with one attached hydrogen (secondary N) is 1. The highest BCUT2D eigenvalue weighted by Crippen LogP contribution is 2.39. The highest BCUT2D eigenvalue weighted by atomic mass is 35.5. The van der Waals surface area contributed by atoms with Gasteiger partial charge in [0.1, 0.15) is 5.75 Å². The van der Waals surface area contributed by atoms with Gasteiger partial charge in [0, 0.05) is 6.54 Å². The number of halogens is 1. The van der Waals surface area contributed by atoms with E-state index in [4.69, 9.17) is 21.1 Å². The minimum atomic E-state index is 0.229. The average Bonchev–Trinajstić information content (AvgIpc) is 2.94. The van der Waals surface area contributed by atoms with Crippen molar-refractivity contribution < 1.29 is 14.6 Å². The van der Waals surface area contributed by atoms with Crippen LogP contribution in [0.3, 0.4) is 0 Å². The van der Waals surface area contributed by atoms with Crippen molar-refractivity contribution in [2.75, 3.05) is 13.3 Å². The highest BCUT2D eigenvalue weighted by molar-refractivity contribution is 6.32. The Hall–Kier alpha value is -1.91. The maximum Gasteiger partial charge on any atom is 0.231 e. The molecule has 21 heavy (non-hydrogen) atoms. The zero-order valence-corrected chi connectivity index (χ0v) is 12.2. The van der Waals surface area contributed by atoms with E-state index in [0.717, 1.165) is 18.5 Å². The smallest absolute Gasteiger partial charge is 0.231 e. The molecule has 0 saturated heterocycles.